The highest BCUT2D eigenvalue weighted by atomic mass is 17.0. The third-order valence-electron chi connectivity index (χ3n) is 2.35. The van der Waals surface area contributed by atoms with Crippen molar-refractivity contribution in [3.63, 3.8) is 0 Å². The summed E-state index contributed by atoms with van der Waals surface area (Å²) in [7, 11) is 0. The van der Waals surface area contributed by atoms with Crippen molar-refractivity contribution in [1.29, 1.82) is 0 Å². The Balaban J connectivity index is 3.88. The molecule has 1 atom stereocenters. The van der Waals surface area contributed by atoms with Gasteiger partial charge in [-0.3, -0.25) is 0 Å². The highest BCUT2D eigenvalue weighted by Crippen LogP contribution is 2.22. The standard InChI is InChI=1S/C9H19NO3/c1-4-6-7-8-9(3,5-2)13-10(11)12/h4-8H2,1-3H3. The summed E-state index contributed by atoms with van der Waals surface area (Å²) in [6, 6.07) is 0. The van der Waals surface area contributed by atoms with Crippen LogP contribution in [0.25, 0.3) is 0 Å². The minimum atomic E-state index is -0.685. The fourth-order valence-electron chi connectivity index (χ4n) is 1.22. The fraction of sp³-hybridized carbons (Fsp3) is 1.00. The molecule has 0 bridgehead atoms. The van der Waals surface area contributed by atoms with Gasteiger partial charge in [-0.1, -0.05) is 33.1 Å². The Morgan fingerprint density at radius 2 is 2.00 bits per heavy atom. The third-order valence-corrected chi connectivity index (χ3v) is 2.35. The molecule has 78 valence electrons. The number of rotatable bonds is 7. The summed E-state index contributed by atoms with van der Waals surface area (Å²) < 4.78 is 0. The Labute approximate surface area is 79.4 Å². The van der Waals surface area contributed by atoms with E-state index in [0.717, 1.165) is 25.7 Å². The summed E-state index contributed by atoms with van der Waals surface area (Å²) in [4.78, 5) is 14.8. The van der Waals surface area contributed by atoms with Gasteiger partial charge in [-0.25, -0.2) is 0 Å². The maximum absolute atomic E-state index is 10.2. The van der Waals surface area contributed by atoms with Crippen LogP contribution in [0.3, 0.4) is 0 Å². The van der Waals surface area contributed by atoms with Crippen LogP contribution < -0.4 is 0 Å². The average Bonchev–Trinajstić information content (AvgIpc) is 2.04. The Hall–Kier alpha value is -0.800. The molecular weight excluding hydrogens is 170 g/mol. The van der Waals surface area contributed by atoms with Crippen LogP contribution in [0.1, 0.15) is 52.9 Å². The molecule has 0 aliphatic carbocycles. The molecule has 0 radical (unpaired) electrons. The summed E-state index contributed by atoms with van der Waals surface area (Å²) in [5.74, 6) is 0. The van der Waals surface area contributed by atoms with Crippen molar-refractivity contribution in [1.82, 2.24) is 0 Å². The van der Waals surface area contributed by atoms with Crippen molar-refractivity contribution in [2.75, 3.05) is 0 Å². The summed E-state index contributed by atoms with van der Waals surface area (Å²) >= 11 is 0. The molecule has 0 amide bonds. The molecule has 0 aromatic heterocycles. The molecule has 0 fully saturated rings. The highest BCUT2D eigenvalue weighted by molar-refractivity contribution is 4.71. The van der Waals surface area contributed by atoms with E-state index in [1.54, 1.807) is 6.92 Å². The molecule has 0 heterocycles. The van der Waals surface area contributed by atoms with E-state index in [1.165, 1.54) is 0 Å². The molecule has 0 saturated heterocycles. The maximum Gasteiger partial charge on any atom is 0.295 e. The van der Waals surface area contributed by atoms with Gasteiger partial charge in [0.2, 0.25) is 0 Å². The van der Waals surface area contributed by atoms with E-state index >= 15 is 0 Å². The van der Waals surface area contributed by atoms with Crippen molar-refractivity contribution in [3.05, 3.63) is 10.1 Å². The van der Waals surface area contributed by atoms with Gasteiger partial charge in [-0.15, -0.1) is 10.1 Å². The molecule has 0 rings (SSSR count). The molecule has 0 aliphatic rings. The van der Waals surface area contributed by atoms with E-state index in [0.29, 0.717) is 6.42 Å². The van der Waals surface area contributed by atoms with Crippen LogP contribution >= 0.6 is 0 Å². The lowest BCUT2D eigenvalue weighted by atomic mass is 9.96. The number of hydrogen-bond donors (Lipinski definition) is 0. The first-order chi connectivity index (χ1) is 6.04. The average molecular weight is 189 g/mol. The molecule has 0 aromatic rings. The molecule has 1 unspecified atom stereocenters. The second-order valence-electron chi connectivity index (χ2n) is 3.58. The van der Waals surface area contributed by atoms with Crippen molar-refractivity contribution >= 4 is 0 Å². The minimum Gasteiger partial charge on any atom is -0.308 e. The summed E-state index contributed by atoms with van der Waals surface area (Å²) in [5.41, 5.74) is -0.585. The van der Waals surface area contributed by atoms with Crippen LogP contribution in [-0.4, -0.2) is 10.7 Å². The molecule has 0 aliphatic heterocycles. The van der Waals surface area contributed by atoms with E-state index < -0.39 is 10.7 Å². The maximum atomic E-state index is 10.2. The normalized spacial score (nSPS) is 15.0. The zero-order valence-corrected chi connectivity index (χ0v) is 8.71. The Morgan fingerprint density at radius 1 is 1.38 bits per heavy atom. The zero-order chi connectivity index (χ0) is 10.3. The number of hydrogen-bond acceptors (Lipinski definition) is 3. The minimum absolute atomic E-state index is 0.585. The van der Waals surface area contributed by atoms with Gasteiger partial charge in [0, 0.05) is 0 Å². The lowest BCUT2D eigenvalue weighted by Gasteiger charge is -2.25. The molecule has 0 aromatic carbocycles. The van der Waals surface area contributed by atoms with Crippen molar-refractivity contribution in [2.45, 2.75) is 58.5 Å². The first-order valence-corrected chi connectivity index (χ1v) is 4.87. The van der Waals surface area contributed by atoms with Gasteiger partial charge in [0.1, 0.15) is 5.60 Å². The smallest absolute Gasteiger partial charge is 0.295 e. The summed E-state index contributed by atoms with van der Waals surface area (Å²) in [6.07, 6.45) is 4.67. The number of nitrogens with zero attached hydrogens (tertiary/aromatic N) is 1. The van der Waals surface area contributed by atoms with Gasteiger partial charge in [0.05, 0.1) is 0 Å². The Bertz CT molecular complexity index is 161. The Kier molecular flexibility index (Phi) is 5.42. The topological polar surface area (TPSA) is 52.4 Å². The van der Waals surface area contributed by atoms with Crippen molar-refractivity contribution < 1.29 is 9.92 Å². The zero-order valence-electron chi connectivity index (χ0n) is 8.71. The molecule has 13 heavy (non-hydrogen) atoms. The second-order valence-corrected chi connectivity index (χ2v) is 3.58. The largest absolute Gasteiger partial charge is 0.308 e. The van der Waals surface area contributed by atoms with Gasteiger partial charge in [-0.2, -0.15) is 0 Å². The first kappa shape index (κ1) is 12.2. The van der Waals surface area contributed by atoms with Gasteiger partial charge in [0.15, 0.2) is 0 Å². The predicted molar refractivity (Wildman–Crippen MR) is 50.9 cm³/mol. The van der Waals surface area contributed by atoms with Crippen LogP contribution in [0.15, 0.2) is 0 Å². The van der Waals surface area contributed by atoms with Crippen molar-refractivity contribution in [3.8, 4) is 0 Å². The van der Waals surface area contributed by atoms with E-state index in [9.17, 15) is 10.1 Å². The molecule has 0 saturated carbocycles. The van der Waals surface area contributed by atoms with Gasteiger partial charge in [-0.05, 0) is 19.8 Å². The molecule has 0 spiro atoms. The Morgan fingerprint density at radius 3 is 2.38 bits per heavy atom. The number of unbranched alkanes of at least 4 members (excludes halogenated alkanes) is 2. The molecule has 0 N–H and O–H groups in total. The van der Waals surface area contributed by atoms with Crippen LogP contribution in [0, 0.1) is 10.1 Å². The SMILES string of the molecule is CCCCCC(C)(CC)O[N+](=O)[O-]. The van der Waals surface area contributed by atoms with E-state index in [1.807, 2.05) is 6.92 Å². The molecule has 4 nitrogen and oxygen atoms in total. The first-order valence-electron chi connectivity index (χ1n) is 4.87. The van der Waals surface area contributed by atoms with Gasteiger partial charge >= 0.3 is 0 Å². The van der Waals surface area contributed by atoms with Crippen LogP contribution in [0.5, 0.6) is 0 Å². The van der Waals surface area contributed by atoms with Gasteiger partial charge < -0.3 is 4.84 Å². The lowest BCUT2D eigenvalue weighted by Crippen LogP contribution is -2.30. The quantitative estimate of drug-likeness (QED) is 0.351. The van der Waals surface area contributed by atoms with Crippen LogP contribution in [0.4, 0.5) is 0 Å². The third kappa shape index (κ3) is 5.44. The van der Waals surface area contributed by atoms with Crippen molar-refractivity contribution in [2.24, 2.45) is 0 Å². The highest BCUT2D eigenvalue weighted by Gasteiger charge is 2.25. The molecular formula is C9H19NO3. The predicted octanol–water partition coefficient (Wildman–Crippen LogP) is 2.94. The lowest BCUT2D eigenvalue weighted by molar-refractivity contribution is -0.780. The molecule has 4 heteroatoms. The van der Waals surface area contributed by atoms with Crippen LogP contribution in [-0.2, 0) is 4.84 Å². The summed E-state index contributed by atoms with van der Waals surface area (Å²) in [5, 5.41) is 9.50. The van der Waals surface area contributed by atoms with Crippen LogP contribution in [0.2, 0.25) is 0 Å². The summed E-state index contributed by atoms with van der Waals surface area (Å²) in [6.45, 7) is 5.82. The van der Waals surface area contributed by atoms with E-state index in [4.69, 9.17) is 0 Å². The van der Waals surface area contributed by atoms with E-state index in [-0.39, 0.29) is 0 Å². The monoisotopic (exact) mass is 189 g/mol. The fourth-order valence-corrected chi connectivity index (χ4v) is 1.22. The van der Waals surface area contributed by atoms with Gasteiger partial charge in [0.25, 0.3) is 5.09 Å². The van der Waals surface area contributed by atoms with E-state index in [2.05, 4.69) is 11.8 Å². The second kappa shape index (κ2) is 5.78.